The zero-order valence-corrected chi connectivity index (χ0v) is 8.81. The summed E-state index contributed by atoms with van der Waals surface area (Å²) < 4.78 is 0. The van der Waals surface area contributed by atoms with Gasteiger partial charge in [0.1, 0.15) is 0 Å². The molecule has 0 amide bonds. The minimum atomic E-state index is 1.28. The third-order valence-corrected chi connectivity index (χ3v) is 3.69. The molecule has 0 spiro atoms. The molecule has 3 aliphatic rings. The van der Waals surface area contributed by atoms with Gasteiger partial charge in [-0.25, -0.2) is 0 Å². The van der Waals surface area contributed by atoms with E-state index < -0.39 is 0 Å². The summed E-state index contributed by atoms with van der Waals surface area (Å²) in [7, 11) is 0. The van der Waals surface area contributed by atoms with Crippen molar-refractivity contribution in [2.24, 2.45) is 0 Å². The second-order valence-corrected chi connectivity index (χ2v) is 4.72. The summed E-state index contributed by atoms with van der Waals surface area (Å²) in [6, 6.07) is 0. The van der Waals surface area contributed by atoms with Crippen LogP contribution in [0.3, 0.4) is 0 Å². The lowest BCUT2D eigenvalue weighted by Crippen LogP contribution is -2.01. The van der Waals surface area contributed by atoms with Crippen LogP contribution in [-0.2, 0) is 0 Å². The topological polar surface area (TPSA) is 0 Å². The first kappa shape index (κ1) is 8.52. The van der Waals surface area contributed by atoms with E-state index in [1.54, 1.807) is 22.3 Å². The minimum absolute atomic E-state index is 1.28. The Morgan fingerprint density at radius 3 is 2.00 bits per heavy atom. The van der Waals surface area contributed by atoms with Gasteiger partial charge in [-0.2, -0.15) is 0 Å². The van der Waals surface area contributed by atoms with Crippen LogP contribution < -0.4 is 0 Å². The van der Waals surface area contributed by atoms with Crippen LogP contribution in [-0.4, -0.2) is 0 Å². The molecule has 14 heavy (non-hydrogen) atoms. The van der Waals surface area contributed by atoms with E-state index in [4.69, 9.17) is 0 Å². The van der Waals surface area contributed by atoms with Gasteiger partial charge in [0.2, 0.25) is 0 Å². The first-order chi connectivity index (χ1) is 6.95. The van der Waals surface area contributed by atoms with Gasteiger partial charge in [0, 0.05) is 0 Å². The summed E-state index contributed by atoms with van der Waals surface area (Å²) in [4.78, 5) is 0. The van der Waals surface area contributed by atoms with Gasteiger partial charge in [0.15, 0.2) is 0 Å². The second kappa shape index (κ2) is 3.42. The fourth-order valence-corrected chi connectivity index (χ4v) is 2.86. The summed E-state index contributed by atoms with van der Waals surface area (Å²) in [6.07, 6.45) is 15.8. The van der Waals surface area contributed by atoms with Crippen LogP contribution in [0.25, 0.3) is 0 Å². The van der Waals surface area contributed by atoms with Crippen LogP contribution in [0.1, 0.15) is 51.4 Å². The van der Waals surface area contributed by atoms with Crippen molar-refractivity contribution in [3.05, 3.63) is 34.4 Å². The van der Waals surface area contributed by atoms with Crippen LogP contribution in [0.15, 0.2) is 34.4 Å². The maximum atomic E-state index is 2.49. The molecule has 0 unspecified atom stereocenters. The highest BCUT2D eigenvalue weighted by molar-refractivity contribution is 5.52. The van der Waals surface area contributed by atoms with Gasteiger partial charge in [-0.1, -0.05) is 12.2 Å². The first-order valence-electron chi connectivity index (χ1n) is 6.06. The number of hydrogen-bond donors (Lipinski definition) is 0. The average Bonchev–Trinajstić information content (AvgIpc) is 2.94. The lowest BCUT2D eigenvalue weighted by molar-refractivity contribution is 0.679. The van der Waals surface area contributed by atoms with Crippen molar-refractivity contribution in [3.63, 3.8) is 0 Å². The normalized spacial score (nSPS) is 26.3. The van der Waals surface area contributed by atoms with E-state index in [9.17, 15) is 0 Å². The van der Waals surface area contributed by atoms with Gasteiger partial charge in [0.05, 0.1) is 0 Å². The molecule has 0 radical (unpaired) electrons. The van der Waals surface area contributed by atoms with Gasteiger partial charge in [0.25, 0.3) is 0 Å². The Morgan fingerprint density at radius 2 is 1.43 bits per heavy atom. The molecular formula is C14H18. The molecule has 0 N–H and O–H groups in total. The summed E-state index contributed by atoms with van der Waals surface area (Å²) in [5.41, 5.74) is 6.86. The van der Waals surface area contributed by atoms with E-state index >= 15 is 0 Å². The monoisotopic (exact) mass is 186 g/mol. The Morgan fingerprint density at radius 1 is 0.714 bits per heavy atom. The molecule has 0 aromatic carbocycles. The smallest absolute Gasteiger partial charge is 0.00916 e. The molecule has 0 atom stereocenters. The maximum Gasteiger partial charge on any atom is -0.00916 e. The van der Waals surface area contributed by atoms with Crippen molar-refractivity contribution in [2.45, 2.75) is 51.4 Å². The van der Waals surface area contributed by atoms with Crippen molar-refractivity contribution in [1.29, 1.82) is 0 Å². The molecule has 3 rings (SSSR count). The predicted octanol–water partition coefficient (Wildman–Crippen LogP) is 4.30. The zero-order valence-electron chi connectivity index (χ0n) is 8.81. The Balaban J connectivity index is 1.94. The fourth-order valence-electron chi connectivity index (χ4n) is 2.86. The maximum absolute atomic E-state index is 2.49. The molecule has 0 aliphatic heterocycles. The summed E-state index contributed by atoms with van der Waals surface area (Å²) in [5, 5.41) is 0. The first-order valence-corrected chi connectivity index (χ1v) is 6.06. The standard InChI is InChI=1S/C14H18/c1-2-6-11(5-1)13-7-3-4-8-14(13)12-9-10-12/h5,9H,1-4,6-8,10H2. The highest BCUT2D eigenvalue weighted by atomic mass is 14.3. The lowest BCUT2D eigenvalue weighted by atomic mass is 9.85. The molecule has 0 aromatic heterocycles. The Bertz CT molecular complexity index is 339. The van der Waals surface area contributed by atoms with Gasteiger partial charge >= 0.3 is 0 Å². The third-order valence-electron chi connectivity index (χ3n) is 3.69. The van der Waals surface area contributed by atoms with Gasteiger partial charge in [-0.05, 0) is 73.7 Å². The Hall–Kier alpha value is -0.780. The highest BCUT2D eigenvalue weighted by Crippen LogP contribution is 2.42. The molecule has 0 bridgehead atoms. The fraction of sp³-hybridized carbons (Fsp3) is 0.571. The van der Waals surface area contributed by atoms with Crippen LogP contribution in [0, 0.1) is 0 Å². The minimum Gasteiger partial charge on any atom is -0.0810 e. The van der Waals surface area contributed by atoms with Gasteiger partial charge in [-0.3, -0.25) is 0 Å². The number of rotatable bonds is 2. The molecule has 3 aliphatic carbocycles. The van der Waals surface area contributed by atoms with Crippen molar-refractivity contribution in [1.82, 2.24) is 0 Å². The van der Waals surface area contributed by atoms with Crippen molar-refractivity contribution >= 4 is 0 Å². The molecule has 0 saturated heterocycles. The number of allylic oxidation sites excluding steroid dienone is 6. The van der Waals surface area contributed by atoms with Crippen LogP contribution >= 0.6 is 0 Å². The quantitative estimate of drug-likeness (QED) is 0.603. The van der Waals surface area contributed by atoms with Crippen LogP contribution in [0.5, 0.6) is 0 Å². The summed E-state index contributed by atoms with van der Waals surface area (Å²) in [6.45, 7) is 0. The number of hydrogen-bond acceptors (Lipinski definition) is 0. The van der Waals surface area contributed by atoms with Crippen LogP contribution in [0.2, 0.25) is 0 Å². The molecule has 0 aromatic rings. The molecule has 0 saturated carbocycles. The predicted molar refractivity (Wildman–Crippen MR) is 60.1 cm³/mol. The summed E-state index contributed by atoms with van der Waals surface area (Å²) >= 11 is 0. The lowest BCUT2D eigenvalue weighted by Gasteiger charge is -2.20. The molecule has 0 heteroatoms. The van der Waals surface area contributed by atoms with E-state index in [2.05, 4.69) is 12.2 Å². The van der Waals surface area contributed by atoms with Crippen LogP contribution in [0.4, 0.5) is 0 Å². The van der Waals surface area contributed by atoms with E-state index in [-0.39, 0.29) is 0 Å². The van der Waals surface area contributed by atoms with Gasteiger partial charge < -0.3 is 0 Å². The molecule has 74 valence electrons. The van der Waals surface area contributed by atoms with Gasteiger partial charge in [-0.15, -0.1) is 0 Å². The summed E-state index contributed by atoms with van der Waals surface area (Å²) in [5.74, 6) is 0. The average molecular weight is 186 g/mol. The zero-order chi connectivity index (χ0) is 9.38. The molecular weight excluding hydrogens is 168 g/mol. The highest BCUT2D eigenvalue weighted by Gasteiger charge is 2.23. The Kier molecular flexibility index (Phi) is 2.08. The SMILES string of the molecule is C1=C(C2=C(C3=CCCC3)CCCC2)C1. The van der Waals surface area contributed by atoms with E-state index in [0.29, 0.717) is 0 Å². The van der Waals surface area contributed by atoms with E-state index in [1.807, 2.05) is 0 Å². The second-order valence-electron chi connectivity index (χ2n) is 4.72. The van der Waals surface area contributed by atoms with E-state index in [1.165, 1.54) is 51.4 Å². The Labute approximate surface area is 86.4 Å². The van der Waals surface area contributed by atoms with E-state index in [0.717, 1.165) is 0 Å². The molecule has 0 heterocycles. The van der Waals surface area contributed by atoms with Crippen molar-refractivity contribution in [3.8, 4) is 0 Å². The van der Waals surface area contributed by atoms with Crippen molar-refractivity contribution in [2.75, 3.05) is 0 Å². The third kappa shape index (κ3) is 1.47. The van der Waals surface area contributed by atoms with Crippen molar-refractivity contribution < 1.29 is 0 Å². The largest absolute Gasteiger partial charge is 0.0810 e. The molecule has 0 fully saturated rings. The molecule has 0 nitrogen and oxygen atoms in total.